The van der Waals surface area contributed by atoms with Crippen molar-refractivity contribution in [2.45, 2.75) is 45.7 Å². The fraction of sp³-hybridized carbons (Fsp3) is 0.583. The van der Waals surface area contributed by atoms with Crippen molar-refractivity contribution in [2.75, 3.05) is 0 Å². The van der Waals surface area contributed by atoms with Gasteiger partial charge in [-0.3, -0.25) is 4.79 Å². The van der Waals surface area contributed by atoms with Crippen LogP contribution in [0.15, 0.2) is 25.3 Å². The average Bonchev–Trinajstić information content (AvgIpc) is 2.18. The topological polar surface area (TPSA) is 20.3 Å². The molecule has 0 radical (unpaired) electrons. The molecule has 0 aromatic carbocycles. The Kier molecular flexibility index (Phi) is 5.93. The molecule has 2 nitrogen and oxygen atoms in total. The molecule has 0 N–H and O–H groups in total. The normalized spacial score (nSPS) is 14.2. The Morgan fingerprint density at radius 2 is 1.57 bits per heavy atom. The molecule has 2 unspecified atom stereocenters. The maximum absolute atomic E-state index is 11.5. The number of rotatable bonds is 6. The van der Waals surface area contributed by atoms with Crippen LogP contribution < -0.4 is 0 Å². The first kappa shape index (κ1) is 12.9. The summed E-state index contributed by atoms with van der Waals surface area (Å²) < 4.78 is 0. The predicted octanol–water partition coefficient (Wildman–Crippen LogP) is 2.76. The van der Waals surface area contributed by atoms with Crippen LogP contribution in [0, 0.1) is 0 Å². The third-order valence-electron chi connectivity index (χ3n) is 2.46. The van der Waals surface area contributed by atoms with E-state index in [2.05, 4.69) is 27.0 Å². The molecule has 0 aliphatic rings. The Bertz CT molecular complexity index is 194. The molecule has 0 spiro atoms. The summed E-state index contributed by atoms with van der Waals surface area (Å²) >= 11 is 0. The Morgan fingerprint density at radius 3 is 1.71 bits per heavy atom. The molecule has 1 amide bonds. The van der Waals surface area contributed by atoms with Gasteiger partial charge in [-0.15, -0.1) is 13.2 Å². The molecule has 0 aliphatic carbocycles. The Balaban J connectivity index is 4.80. The van der Waals surface area contributed by atoms with Crippen molar-refractivity contribution in [3.8, 4) is 0 Å². The van der Waals surface area contributed by atoms with Crippen molar-refractivity contribution in [3.63, 3.8) is 0 Å². The fourth-order valence-corrected chi connectivity index (χ4v) is 1.67. The second-order valence-electron chi connectivity index (χ2n) is 3.35. The zero-order chi connectivity index (χ0) is 11.1. The molecule has 0 saturated carbocycles. The van der Waals surface area contributed by atoms with Crippen LogP contribution in [0.2, 0.25) is 0 Å². The number of amides is 1. The van der Waals surface area contributed by atoms with Crippen LogP contribution in [0.5, 0.6) is 0 Å². The molecule has 2 heteroatoms. The van der Waals surface area contributed by atoms with E-state index in [9.17, 15) is 4.79 Å². The van der Waals surface area contributed by atoms with Crippen molar-refractivity contribution >= 4 is 5.91 Å². The lowest BCUT2D eigenvalue weighted by atomic mass is 10.1. The first-order chi connectivity index (χ1) is 6.62. The van der Waals surface area contributed by atoms with Gasteiger partial charge < -0.3 is 4.90 Å². The second kappa shape index (κ2) is 6.41. The van der Waals surface area contributed by atoms with Gasteiger partial charge in [-0.2, -0.15) is 0 Å². The van der Waals surface area contributed by atoms with E-state index in [4.69, 9.17) is 0 Å². The summed E-state index contributed by atoms with van der Waals surface area (Å²) in [6, 6.07) is 0.242. The molecule has 0 saturated heterocycles. The zero-order valence-corrected chi connectivity index (χ0v) is 9.49. The second-order valence-corrected chi connectivity index (χ2v) is 3.35. The van der Waals surface area contributed by atoms with Gasteiger partial charge in [0.2, 0.25) is 5.91 Å². The first-order valence-corrected chi connectivity index (χ1v) is 5.16. The quantitative estimate of drug-likeness (QED) is 0.597. The third kappa shape index (κ3) is 3.02. The summed E-state index contributed by atoms with van der Waals surface area (Å²) in [7, 11) is 0. The molecule has 14 heavy (non-hydrogen) atoms. The van der Waals surface area contributed by atoms with E-state index in [1.807, 2.05) is 17.1 Å². The van der Waals surface area contributed by atoms with Crippen LogP contribution in [-0.2, 0) is 4.79 Å². The number of hydrogen-bond donors (Lipinski definition) is 0. The SMILES string of the molecule is C=CC(CC)N(C(C)=O)C(C=C)CC. The van der Waals surface area contributed by atoms with Crippen molar-refractivity contribution in [1.29, 1.82) is 0 Å². The molecule has 0 bridgehead atoms. The van der Waals surface area contributed by atoms with Crippen LogP contribution >= 0.6 is 0 Å². The van der Waals surface area contributed by atoms with Gasteiger partial charge in [-0.25, -0.2) is 0 Å². The molecule has 0 aliphatic heterocycles. The van der Waals surface area contributed by atoms with E-state index >= 15 is 0 Å². The largest absolute Gasteiger partial charge is 0.330 e. The zero-order valence-electron chi connectivity index (χ0n) is 9.49. The van der Waals surface area contributed by atoms with E-state index in [-0.39, 0.29) is 18.0 Å². The van der Waals surface area contributed by atoms with Gasteiger partial charge in [0.05, 0.1) is 12.1 Å². The van der Waals surface area contributed by atoms with E-state index in [1.165, 1.54) is 0 Å². The van der Waals surface area contributed by atoms with Crippen molar-refractivity contribution in [3.05, 3.63) is 25.3 Å². The van der Waals surface area contributed by atoms with Gasteiger partial charge in [0, 0.05) is 6.92 Å². The minimum Gasteiger partial charge on any atom is -0.330 e. The van der Waals surface area contributed by atoms with Crippen LogP contribution in [0.4, 0.5) is 0 Å². The molecule has 0 heterocycles. The summed E-state index contributed by atoms with van der Waals surface area (Å²) in [5.74, 6) is 0.0866. The molecule has 0 aromatic rings. The highest BCUT2D eigenvalue weighted by atomic mass is 16.2. The van der Waals surface area contributed by atoms with E-state index < -0.39 is 0 Å². The van der Waals surface area contributed by atoms with Gasteiger partial charge in [-0.05, 0) is 12.8 Å². The summed E-state index contributed by atoms with van der Waals surface area (Å²) in [6.45, 7) is 13.2. The fourth-order valence-electron chi connectivity index (χ4n) is 1.67. The van der Waals surface area contributed by atoms with Gasteiger partial charge in [0.1, 0.15) is 0 Å². The van der Waals surface area contributed by atoms with E-state index in [0.717, 1.165) is 12.8 Å². The van der Waals surface area contributed by atoms with Crippen LogP contribution in [-0.4, -0.2) is 22.9 Å². The highest BCUT2D eigenvalue weighted by Gasteiger charge is 2.22. The molecule has 0 aromatic heterocycles. The van der Waals surface area contributed by atoms with Crippen LogP contribution in [0.3, 0.4) is 0 Å². The predicted molar refractivity (Wildman–Crippen MR) is 61.1 cm³/mol. The smallest absolute Gasteiger partial charge is 0.220 e. The maximum atomic E-state index is 11.5. The highest BCUT2D eigenvalue weighted by molar-refractivity contribution is 5.74. The van der Waals surface area contributed by atoms with E-state index in [1.54, 1.807) is 6.92 Å². The number of carbonyl (C=O) groups is 1. The summed E-state index contributed by atoms with van der Waals surface area (Å²) in [5, 5.41) is 0. The number of hydrogen-bond acceptors (Lipinski definition) is 1. The number of carbonyl (C=O) groups excluding carboxylic acids is 1. The van der Waals surface area contributed by atoms with Gasteiger partial charge in [0.15, 0.2) is 0 Å². The van der Waals surface area contributed by atoms with E-state index in [0.29, 0.717) is 0 Å². The van der Waals surface area contributed by atoms with Gasteiger partial charge in [-0.1, -0.05) is 26.0 Å². The highest BCUT2D eigenvalue weighted by Crippen LogP contribution is 2.14. The van der Waals surface area contributed by atoms with Crippen LogP contribution in [0.25, 0.3) is 0 Å². The molecule has 80 valence electrons. The van der Waals surface area contributed by atoms with Gasteiger partial charge in [0.25, 0.3) is 0 Å². The average molecular weight is 195 g/mol. The number of nitrogens with zero attached hydrogens (tertiary/aromatic N) is 1. The Labute approximate surface area is 87.3 Å². The lowest BCUT2D eigenvalue weighted by molar-refractivity contribution is -0.131. The first-order valence-electron chi connectivity index (χ1n) is 5.16. The third-order valence-corrected chi connectivity index (χ3v) is 2.46. The molecular weight excluding hydrogens is 174 g/mol. The lowest BCUT2D eigenvalue weighted by Crippen LogP contribution is -2.43. The monoisotopic (exact) mass is 195 g/mol. The Morgan fingerprint density at radius 1 is 1.21 bits per heavy atom. The Hall–Kier alpha value is -1.05. The molecular formula is C12H21NO. The summed E-state index contributed by atoms with van der Waals surface area (Å²) in [4.78, 5) is 13.3. The summed E-state index contributed by atoms with van der Waals surface area (Å²) in [5.41, 5.74) is 0. The maximum Gasteiger partial charge on any atom is 0.220 e. The van der Waals surface area contributed by atoms with Crippen molar-refractivity contribution in [1.82, 2.24) is 4.90 Å². The lowest BCUT2D eigenvalue weighted by Gasteiger charge is -2.33. The minimum atomic E-state index is 0.0866. The molecule has 0 rings (SSSR count). The standard InChI is InChI=1S/C12H21NO/c1-6-11(7-2)13(10(5)14)12(8-3)9-4/h6,8,11-12H,1,3,7,9H2,2,4-5H3. The van der Waals surface area contributed by atoms with Crippen molar-refractivity contribution in [2.24, 2.45) is 0 Å². The van der Waals surface area contributed by atoms with Gasteiger partial charge >= 0.3 is 0 Å². The molecule has 2 atom stereocenters. The summed E-state index contributed by atoms with van der Waals surface area (Å²) in [6.07, 6.45) is 5.45. The minimum absolute atomic E-state index is 0.0866. The van der Waals surface area contributed by atoms with Crippen LogP contribution in [0.1, 0.15) is 33.6 Å². The van der Waals surface area contributed by atoms with Crippen molar-refractivity contribution < 1.29 is 4.79 Å². The molecule has 0 fully saturated rings.